The summed E-state index contributed by atoms with van der Waals surface area (Å²) in [6.07, 6.45) is 6.70. The van der Waals surface area contributed by atoms with Gasteiger partial charge < -0.3 is 5.32 Å². The van der Waals surface area contributed by atoms with Gasteiger partial charge in [-0.1, -0.05) is 34.1 Å². The topological polar surface area (TPSA) is 15.3 Å². The molecule has 2 unspecified atom stereocenters. The van der Waals surface area contributed by atoms with Crippen LogP contribution in [-0.2, 0) is 0 Å². The summed E-state index contributed by atoms with van der Waals surface area (Å²) in [7, 11) is 0. The van der Waals surface area contributed by atoms with Gasteiger partial charge in [-0.25, -0.2) is 0 Å². The van der Waals surface area contributed by atoms with E-state index in [4.69, 9.17) is 0 Å². The normalized spacial score (nSPS) is 22.6. The molecule has 0 aromatic rings. The second-order valence-corrected chi connectivity index (χ2v) is 5.99. The first-order chi connectivity index (χ1) is 8.17. The fourth-order valence-corrected chi connectivity index (χ4v) is 3.02. The molecular formula is C15H32N2. The Labute approximate surface area is 108 Å². The molecule has 1 fully saturated rings. The highest BCUT2D eigenvalue weighted by molar-refractivity contribution is 4.81. The van der Waals surface area contributed by atoms with Crippen LogP contribution in [0.25, 0.3) is 0 Å². The smallest absolute Gasteiger partial charge is 0.0195 e. The van der Waals surface area contributed by atoms with Crippen LogP contribution in [0.3, 0.4) is 0 Å². The standard InChI is InChI=1S/C15H32N2/c1-5-8-15(6-2)17(11-13(3)4)12-14-9-7-10-16-14/h13-16H,5-12H2,1-4H3. The van der Waals surface area contributed by atoms with Crippen molar-refractivity contribution in [1.29, 1.82) is 0 Å². The number of hydrogen-bond donors (Lipinski definition) is 1. The summed E-state index contributed by atoms with van der Waals surface area (Å²) < 4.78 is 0. The molecule has 0 aromatic heterocycles. The third kappa shape index (κ3) is 5.39. The average Bonchev–Trinajstić information content (AvgIpc) is 2.77. The number of nitrogens with one attached hydrogen (secondary N) is 1. The molecular weight excluding hydrogens is 208 g/mol. The zero-order valence-electron chi connectivity index (χ0n) is 12.3. The molecule has 17 heavy (non-hydrogen) atoms. The minimum atomic E-state index is 0.750. The molecule has 0 spiro atoms. The Morgan fingerprint density at radius 3 is 2.53 bits per heavy atom. The van der Waals surface area contributed by atoms with E-state index >= 15 is 0 Å². The van der Waals surface area contributed by atoms with E-state index in [0.29, 0.717) is 0 Å². The van der Waals surface area contributed by atoms with Crippen LogP contribution < -0.4 is 5.32 Å². The summed E-state index contributed by atoms with van der Waals surface area (Å²) >= 11 is 0. The van der Waals surface area contributed by atoms with Crippen LogP contribution in [0, 0.1) is 5.92 Å². The van der Waals surface area contributed by atoms with Gasteiger partial charge in [-0.15, -0.1) is 0 Å². The summed E-state index contributed by atoms with van der Waals surface area (Å²) in [5.74, 6) is 0.780. The largest absolute Gasteiger partial charge is 0.313 e. The number of nitrogens with zero attached hydrogens (tertiary/aromatic N) is 1. The van der Waals surface area contributed by atoms with Gasteiger partial charge >= 0.3 is 0 Å². The third-order valence-electron chi connectivity index (χ3n) is 3.83. The van der Waals surface area contributed by atoms with E-state index in [2.05, 4.69) is 37.9 Å². The fraction of sp³-hybridized carbons (Fsp3) is 1.00. The maximum atomic E-state index is 3.64. The van der Waals surface area contributed by atoms with Crippen LogP contribution in [0.2, 0.25) is 0 Å². The van der Waals surface area contributed by atoms with Crippen molar-refractivity contribution in [2.24, 2.45) is 5.92 Å². The summed E-state index contributed by atoms with van der Waals surface area (Å²) in [5, 5.41) is 3.64. The average molecular weight is 240 g/mol. The molecule has 1 saturated heterocycles. The SMILES string of the molecule is CCCC(CC)N(CC(C)C)CC1CCCN1. The van der Waals surface area contributed by atoms with Gasteiger partial charge in [0, 0.05) is 25.2 Å². The van der Waals surface area contributed by atoms with E-state index < -0.39 is 0 Å². The Morgan fingerprint density at radius 1 is 1.29 bits per heavy atom. The van der Waals surface area contributed by atoms with Crippen molar-refractivity contribution in [3.63, 3.8) is 0 Å². The molecule has 0 aromatic carbocycles. The van der Waals surface area contributed by atoms with Crippen molar-refractivity contribution in [3.05, 3.63) is 0 Å². The molecule has 1 aliphatic rings. The third-order valence-corrected chi connectivity index (χ3v) is 3.83. The molecule has 2 heteroatoms. The van der Waals surface area contributed by atoms with Crippen LogP contribution >= 0.6 is 0 Å². The van der Waals surface area contributed by atoms with Crippen molar-refractivity contribution in [1.82, 2.24) is 10.2 Å². The van der Waals surface area contributed by atoms with Gasteiger partial charge in [0.25, 0.3) is 0 Å². The van der Waals surface area contributed by atoms with Crippen molar-refractivity contribution in [3.8, 4) is 0 Å². The number of hydrogen-bond acceptors (Lipinski definition) is 2. The Balaban J connectivity index is 2.50. The second kappa shape index (κ2) is 8.10. The van der Waals surface area contributed by atoms with Crippen molar-refractivity contribution >= 4 is 0 Å². The van der Waals surface area contributed by atoms with E-state index in [1.54, 1.807) is 0 Å². The van der Waals surface area contributed by atoms with Crippen molar-refractivity contribution in [2.45, 2.75) is 71.9 Å². The number of rotatable bonds is 8. The van der Waals surface area contributed by atoms with E-state index in [-0.39, 0.29) is 0 Å². The highest BCUT2D eigenvalue weighted by Gasteiger charge is 2.22. The maximum Gasteiger partial charge on any atom is 0.0195 e. The van der Waals surface area contributed by atoms with Gasteiger partial charge in [-0.2, -0.15) is 0 Å². The Bertz CT molecular complexity index is 185. The lowest BCUT2D eigenvalue weighted by molar-refractivity contribution is 0.148. The molecule has 0 saturated carbocycles. The summed E-state index contributed by atoms with van der Waals surface area (Å²) in [6, 6.07) is 1.55. The maximum absolute atomic E-state index is 3.64. The van der Waals surface area contributed by atoms with E-state index in [9.17, 15) is 0 Å². The molecule has 1 N–H and O–H groups in total. The van der Waals surface area contributed by atoms with Gasteiger partial charge in [-0.05, 0) is 38.1 Å². The molecule has 0 bridgehead atoms. The molecule has 1 rings (SSSR count). The fourth-order valence-electron chi connectivity index (χ4n) is 3.02. The highest BCUT2D eigenvalue weighted by Crippen LogP contribution is 2.16. The van der Waals surface area contributed by atoms with Crippen LogP contribution in [0.15, 0.2) is 0 Å². The van der Waals surface area contributed by atoms with Crippen LogP contribution in [0.4, 0.5) is 0 Å². The van der Waals surface area contributed by atoms with Gasteiger partial charge in [0.1, 0.15) is 0 Å². The molecule has 1 heterocycles. The summed E-state index contributed by atoms with van der Waals surface area (Å²) in [6.45, 7) is 13.1. The van der Waals surface area contributed by atoms with Gasteiger partial charge in [0.15, 0.2) is 0 Å². The minimum absolute atomic E-state index is 0.750. The minimum Gasteiger partial charge on any atom is -0.313 e. The van der Waals surface area contributed by atoms with Crippen LogP contribution in [0.5, 0.6) is 0 Å². The van der Waals surface area contributed by atoms with Gasteiger partial charge in [0.05, 0.1) is 0 Å². The van der Waals surface area contributed by atoms with E-state index in [0.717, 1.165) is 18.0 Å². The molecule has 1 aliphatic heterocycles. The lowest BCUT2D eigenvalue weighted by Crippen LogP contribution is -2.44. The molecule has 2 nitrogen and oxygen atoms in total. The molecule has 0 amide bonds. The lowest BCUT2D eigenvalue weighted by atomic mass is 10.0. The monoisotopic (exact) mass is 240 g/mol. The zero-order chi connectivity index (χ0) is 12.7. The van der Waals surface area contributed by atoms with Gasteiger partial charge in [0.2, 0.25) is 0 Å². The predicted octanol–water partition coefficient (Wildman–Crippen LogP) is 3.28. The Kier molecular flexibility index (Phi) is 7.14. The van der Waals surface area contributed by atoms with E-state index in [1.165, 1.54) is 51.7 Å². The zero-order valence-corrected chi connectivity index (χ0v) is 12.3. The summed E-state index contributed by atoms with van der Waals surface area (Å²) in [4.78, 5) is 2.75. The predicted molar refractivity (Wildman–Crippen MR) is 76.4 cm³/mol. The molecule has 2 atom stereocenters. The van der Waals surface area contributed by atoms with E-state index in [1.807, 2.05) is 0 Å². The second-order valence-electron chi connectivity index (χ2n) is 5.99. The molecule has 102 valence electrons. The van der Waals surface area contributed by atoms with Gasteiger partial charge in [-0.3, -0.25) is 4.90 Å². The quantitative estimate of drug-likeness (QED) is 0.700. The Morgan fingerprint density at radius 2 is 2.06 bits per heavy atom. The van der Waals surface area contributed by atoms with Crippen molar-refractivity contribution in [2.75, 3.05) is 19.6 Å². The first-order valence-corrected chi connectivity index (χ1v) is 7.64. The van der Waals surface area contributed by atoms with Crippen LogP contribution in [0.1, 0.15) is 59.8 Å². The molecule has 0 aliphatic carbocycles. The lowest BCUT2D eigenvalue weighted by Gasteiger charge is -2.34. The molecule has 0 radical (unpaired) electrons. The summed E-state index contributed by atoms with van der Waals surface area (Å²) in [5.41, 5.74) is 0. The first-order valence-electron chi connectivity index (χ1n) is 7.64. The highest BCUT2D eigenvalue weighted by atomic mass is 15.2. The van der Waals surface area contributed by atoms with Crippen LogP contribution in [-0.4, -0.2) is 36.6 Å². The van der Waals surface area contributed by atoms with Crippen molar-refractivity contribution < 1.29 is 0 Å². The first kappa shape index (κ1) is 15.0. The Hall–Kier alpha value is -0.0800.